The van der Waals surface area contributed by atoms with Crippen molar-refractivity contribution in [3.8, 4) is 16.9 Å². The van der Waals surface area contributed by atoms with Crippen LogP contribution in [0.5, 0.6) is 5.75 Å². The Balaban J connectivity index is 1.26. The molecule has 2 heterocycles. The van der Waals surface area contributed by atoms with E-state index in [1.165, 1.54) is 6.42 Å². The fourth-order valence-corrected chi connectivity index (χ4v) is 8.92. The maximum absolute atomic E-state index is 14.2. The number of aromatic amines is 1. The zero-order valence-corrected chi connectivity index (χ0v) is 31.0. The number of nitrogens with one attached hydrogen (secondary N) is 3. The lowest BCUT2D eigenvalue weighted by Gasteiger charge is -2.62. The predicted molar refractivity (Wildman–Crippen MR) is 197 cm³/mol. The van der Waals surface area contributed by atoms with E-state index in [0.717, 1.165) is 34.5 Å². The summed E-state index contributed by atoms with van der Waals surface area (Å²) in [4.78, 5) is 39.0. The summed E-state index contributed by atoms with van der Waals surface area (Å²) in [6.45, 7) is 8.88. The van der Waals surface area contributed by atoms with E-state index in [2.05, 4.69) is 36.4 Å². The van der Waals surface area contributed by atoms with Gasteiger partial charge in [0, 0.05) is 73.3 Å². The number of fused-ring (bicyclic) bond motifs is 2. The number of nitrogens with zero attached hydrogens (tertiary/aromatic N) is 2. The van der Waals surface area contributed by atoms with Crippen LogP contribution in [0.2, 0.25) is 0 Å². The third-order valence-electron chi connectivity index (χ3n) is 12.0. The first-order chi connectivity index (χ1) is 24.3. The number of amides is 2. The van der Waals surface area contributed by atoms with Crippen LogP contribution in [-0.4, -0.2) is 90.7 Å². The van der Waals surface area contributed by atoms with Crippen LogP contribution in [0.1, 0.15) is 62.2 Å². The van der Waals surface area contributed by atoms with E-state index in [1.807, 2.05) is 73.7 Å². The van der Waals surface area contributed by atoms with Crippen LogP contribution in [-0.2, 0) is 22.6 Å². The number of carbonyl (C=O) groups excluding carboxylic acids is 2. The molecule has 276 valence electrons. The largest absolute Gasteiger partial charge is 0.496 e. The molecule has 11 heteroatoms. The number of ether oxygens (including phenoxy) is 1. The summed E-state index contributed by atoms with van der Waals surface area (Å²) >= 11 is 0. The number of aliphatic hydroxyl groups is 2. The predicted octanol–water partition coefficient (Wildman–Crippen LogP) is 4.39. The van der Waals surface area contributed by atoms with Crippen molar-refractivity contribution in [2.75, 3.05) is 39.3 Å². The minimum absolute atomic E-state index is 0.0423. The molecule has 3 aromatic rings. The standard InChI is InChI=1S/C40H55N5O6/c1-23-32-19-28(40(32,3)4)20-33(23)43-39(49)36-35(24(2)47)34(22-46)51-45(36)21-25-10-8-12-31(37(25)50-7)26-16-27(18-30(17-26)44(5)6)38(48)42-15-13-29-11-9-14-41-29/h8-12,14,16-18,23-24,28,32-36,41,46-47H,13,15,19-22H2,1-7H3,(H,42,48)(H,43,49)/t23-,24-,28+,32-,33-,34-,35+,36-/m0/s1. The SMILES string of the molecule is COc1c(CN2O[C@@H](CO)[C@@H]([C@H](C)O)[C@H]2C(=O)N[C@H]2C[C@H]3C[C@@H]([C@@H]2C)C3(C)C)cccc1-c1cc(C(=O)NCCc2ccc[nH]2)cc(N(C)C)c1. The molecule has 3 saturated carbocycles. The molecule has 3 aliphatic carbocycles. The smallest absolute Gasteiger partial charge is 0.251 e. The van der Waals surface area contributed by atoms with Crippen molar-refractivity contribution in [2.45, 2.75) is 77.8 Å². The van der Waals surface area contributed by atoms with Crippen molar-refractivity contribution >= 4 is 17.5 Å². The Labute approximate surface area is 301 Å². The van der Waals surface area contributed by atoms with Gasteiger partial charge in [0.1, 0.15) is 17.9 Å². The lowest BCUT2D eigenvalue weighted by Crippen LogP contribution is -2.62. The average molecular weight is 702 g/mol. The summed E-state index contributed by atoms with van der Waals surface area (Å²) in [6.07, 6.45) is 3.05. The number of hydrogen-bond donors (Lipinski definition) is 5. The van der Waals surface area contributed by atoms with Crippen molar-refractivity contribution in [2.24, 2.45) is 29.1 Å². The number of para-hydroxylation sites is 1. The van der Waals surface area contributed by atoms with Crippen LogP contribution >= 0.6 is 0 Å². The van der Waals surface area contributed by atoms with Crippen molar-refractivity contribution < 1.29 is 29.4 Å². The van der Waals surface area contributed by atoms with Gasteiger partial charge in [0.05, 0.1) is 26.4 Å². The number of hydroxylamine groups is 2. The van der Waals surface area contributed by atoms with Gasteiger partial charge in [0.25, 0.3) is 5.91 Å². The zero-order chi connectivity index (χ0) is 36.6. The van der Waals surface area contributed by atoms with Gasteiger partial charge in [0.15, 0.2) is 0 Å². The van der Waals surface area contributed by atoms with Crippen LogP contribution < -0.4 is 20.3 Å². The van der Waals surface area contributed by atoms with Crippen LogP contribution in [0, 0.1) is 29.1 Å². The van der Waals surface area contributed by atoms with Crippen LogP contribution in [0.3, 0.4) is 0 Å². The lowest BCUT2D eigenvalue weighted by molar-refractivity contribution is -0.183. The number of H-pyrrole nitrogens is 1. The van der Waals surface area contributed by atoms with Gasteiger partial charge in [-0.25, -0.2) is 0 Å². The third-order valence-corrected chi connectivity index (χ3v) is 12.0. The average Bonchev–Trinajstić information content (AvgIpc) is 3.76. The number of aromatic nitrogens is 1. The molecule has 1 aromatic heterocycles. The normalized spacial score (nSPS) is 27.4. The molecule has 5 N–H and O–H groups in total. The Morgan fingerprint density at radius 1 is 1.16 bits per heavy atom. The van der Waals surface area contributed by atoms with Gasteiger partial charge in [-0.05, 0) is 78.8 Å². The Morgan fingerprint density at radius 2 is 1.94 bits per heavy atom. The molecule has 0 unspecified atom stereocenters. The second-order valence-electron chi connectivity index (χ2n) is 15.6. The van der Waals surface area contributed by atoms with E-state index >= 15 is 0 Å². The van der Waals surface area contributed by atoms with Crippen molar-refractivity contribution in [3.63, 3.8) is 0 Å². The molecule has 2 aromatic carbocycles. The van der Waals surface area contributed by atoms with E-state index in [-0.39, 0.29) is 36.4 Å². The van der Waals surface area contributed by atoms with E-state index in [0.29, 0.717) is 42.0 Å². The first kappa shape index (κ1) is 36.9. The van der Waals surface area contributed by atoms with Gasteiger partial charge in [-0.1, -0.05) is 39.0 Å². The molecule has 51 heavy (non-hydrogen) atoms. The summed E-state index contributed by atoms with van der Waals surface area (Å²) in [5.41, 5.74) is 5.06. The van der Waals surface area contributed by atoms with Gasteiger partial charge in [0.2, 0.25) is 5.91 Å². The first-order valence-corrected chi connectivity index (χ1v) is 18.3. The third kappa shape index (κ3) is 7.26. The zero-order valence-electron chi connectivity index (χ0n) is 31.0. The lowest BCUT2D eigenvalue weighted by atomic mass is 9.45. The van der Waals surface area contributed by atoms with Crippen LogP contribution in [0.15, 0.2) is 54.7 Å². The van der Waals surface area contributed by atoms with E-state index in [4.69, 9.17) is 9.57 Å². The summed E-state index contributed by atoms with van der Waals surface area (Å²) in [6, 6.07) is 14.7. The molecule has 2 amide bonds. The Hall–Kier alpha value is -3.90. The van der Waals surface area contributed by atoms with Gasteiger partial charge in [-0.3, -0.25) is 14.4 Å². The molecule has 4 aliphatic rings. The van der Waals surface area contributed by atoms with Crippen LogP contribution in [0.25, 0.3) is 11.1 Å². The van der Waals surface area contributed by atoms with E-state index in [9.17, 15) is 19.8 Å². The van der Waals surface area contributed by atoms with E-state index < -0.39 is 24.2 Å². The summed E-state index contributed by atoms with van der Waals surface area (Å²) in [5.74, 6) is 1.05. The van der Waals surface area contributed by atoms with Crippen molar-refractivity contribution in [1.29, 1.82) is 0 Å². The summed E-state index contributed by atoms with van der Waals surface area (Å²) in [7, 11) is 5.47. The Kier molecular flexibility index (Phi) is 10.8. The molecule has 2 bridgehead atoms. The minimum Gasteiger partial charge on any atom is -0.496 e. The number of carbonyl (C=O) groups is 2. The quantitative estimate of drug-likeness (QED) is 0.177. The van der Waals surface area contributed by atoms with Crippen molar-refractivity contribution in [3.05, 3.63) is 71.5 Å². The fourth-order valence-electron chi connectivity index (χ4n) is 8.92. The highest BCUT2D eigenvalue weighted by Crippen LogP contribution is 2.61. The molecule has 4 fully saturated rings. The molecular weight excluding hydrogens is 646 g/mol. The Morgan fingerprint density at radius 3 is 2.57 bits per heavy atom. The summed E-state index contributed by atoms with van der Waals surface area (Å²) in [5, 5.41) is 29.2. The van der Waals surface area contributed by atoms with Gasteiger partial charge >= 0.3 is 0 Å². The highest BCUT2D eigenvalue weighted by Gasteiger charge is 2.57. The van der Waals surface area contributed by atoms with Crippen LogP contribution in [0.4, 0.5) is 5.69 Å². The van der Waals surface area contributed by atoms with Gasteiger partial charge in [-0.2, -0.15) is 5.06 Å². The second-order valence-corrected chi connectivity index (χ2v) is 15.6. The number of hydrogen-bond acceptors (Lipinski definition) is 8. The first-order valence-electron chi connectivity index (χ1n) is 18.3. The fraction of sp³-hybridized carbons (Fsp3) is 0.550. The number of methoxy groups -OCH3 is 1. The Bertz CT molecular complexity index is 1690. The highest BCUT2D eigenvalue weighted by atomic mass is 16.7. The molecule has 0 spiro atoms. The topological polar surface area (TPSA) is 139 Å². The number of benzene rings is 2. The molecule has 7 rings (SSSR count). The second kappa shape index (κ2) is 15.0. The molecule has 1 aliphatic heterocycles. The molecular formula is C40H55N5O6. The maximum Gasteiger partial charge on any atom is 0.251 e. The number of aliphatic hydroxyl groups excluding tert-OH is 2. The maximum atomic E-state index is 14.2. The highest BCUT2D eigenvalue weighted by molar-refractivity contribution is 5.97. The molecule has 8 atom stereocenters. The minimum atomic E-state index is -0.895. The molecule has 1 saturated heterocycles. The number of anilines is 1. The number of rotatable bonds is 13. The van der Waals surface area contributed by atoms with Crippen molar-refractivity contribution in [1.82, 2.24) is 20.7 Å². The van der Waals surface area contributed by atoms with Gasteiger partial charge in [-0.15, -0.1) is 0 Å². The molecule has 0 radical (unpaired) electrons. The van der Waals surface area contributed by atoms with E-state index in [1.54, 1.807) is 19.1 Å². The van der Waals surface area contributed by atoms with Gasteiger partial charge < -0.3 is 35.5 Å². The molecule has 11 nitrogen and oxygen atoms in total. The monoisotopic (exact) mass is 701 g/mol. The summed E-state index contributed by atoms with van der Waals surface area (Å²) < 4.78 is 6.04.